The SMILES string of the molecule is CC1=c2[nH]nc(-c3nc4c(-c5ccc(F)cc5)nccc4[nH]3)c2=CC(c2cncc(OC3CCCCC3)c2)=CN1. The molecule has 3 N–H and O–H groups in total. The molecule has 40 heavy (non-hydrogen) atoms. The van der Waals surface area contributed by atoms with Gasteiger partial charge in [0, 0.05) is 46.2 Å². The van der Waals surface area contributed by atoms with Crippen molar-refractivity contribution in [3.8, 4) is 28.5 Å². The molecule has 0 radical (unpaired) electrons. The van der Waals surface area contributed by atoms with Crippen molar-refractivity contribution in [3.63, 3.8) is 0 Å². The maximum absolute atomic E-state index is 13.5. The van der Waals surface area contributed by atoms with Crippen molar-refractivity contribution in [2.75, 3.05) is 0 Å². The first-order valence-corrected chi connectivity index (χ1v) is 13.6. The summed E-state index contributed by atoms with van der Waals surface area (Å²) >= 11 is 0. The van der Waals surface area contributed by atoms with Gasteiger partial charge in [0.15, 0.2) is 5.82 Å². The number of aromatic nitrogens is 6. The van der Waals surface area contributed by atoms with Crippen LogP contribution in [0.2, 0.25) is 0 Å². The summed E-state index contributed by atoms with van der Waals surface area (Å²) in [5.41, 5.74) is 6.51. The van der Waals surface area contributed by atoms with Gasteiger partial charge in [-0.25, -0.2) is 9.37 Å². The molecular weight excluding hydrogens is 505 g/mol. The molecule has 8 nitrogen and oxygen atoms in total. The fourth-order valence-electron chi connectivity index (χ4n) is 5.46. The van der Waals surface area contributed by atoms with Crippen LogP contribution in [0, 0.1) is 5.82 Å². The molecule has 1 fully saturated rings. The molecule has 7 rings (SSSR count). The Balaban J connectivity index is 1.29. The zero-order valence-electron chi connectivity index (χ0n) is 22.0. The lowest BCUT2D eigenvalue weighted by molar-refractivity contribution is 0.154. The minimum absolute atomic E-state index is 0.251. The number of rotatable bonds is 5. The van der Waals surface area contributed by atoms with Gasteiger partial charge < -0.3 is 15.0 Å². The topological polar surface area (TPSA) is 104 Å². The van der Waals surface area contributed by atoms with E-state index in [0.29, 0.717) is 22.7 Å². The minimum Gasteiger partial charge on any atom is -0.489 e. The van der Waals surface area contributed by atoms with E-state index < -0.39 is 0 Å². The smallest absolute Gasteiger partial charge is 0.159 e. The van der Waals surface area contributed by atoms with E-state index in [2.05, 4.69) is 36.5 Å². The van der Waals surface area contributed by atoms with Crippen LogP contribution in [-0.2, 0) is 0 Å². The highest BCUT2D eigenvalue weighted by Crippen LogP contribution is 2.28. The molecule has 4 aromatic heterocycles. The standard InChI is InChI=1S/C31H28FN7O/c1-18-27-25(14-21(16-35-18)20-13-24(17-33-15-20)40-23-5-3-2-4-6-23)29(39-38-27)31-36-26-11-12-34-28(30(26)37-31)19-7-9-22(32)10-8-19/h7-17,23,35,38H,2-6H2,1H3,(H,36,37). The Labute approximate surface area is 229 Å². The summed E-state index contributed by atoms with van der Waals surface area (Å²) in [6.07, 6.45) is 15.6. The third kappa shape index (κ3) is 4.53. The molecule has 0 amide bonds. The lowest BCUT2D eigenvalue weighted by Gasteiger charge is -2.23. The number of pyridine rings is 2. The van der Waals surface area contributed by atoms with Crippen LogP contribution in [0.1, 0.15) is 44.6 Å². The molecular formula is C31H28FN7O. The minimum atomic E-state index is -0.293. The van der Waals surface area contributed by atoms with Crippen molar-refractivity contribution in [2.45, 2.75) is 45.1 Å². The van der Waals surface area contributed by atoms with E-state index in [1.54, 1.807) is 24.5 Å². The van der Waals surface area contributed by atoms with Gasteiger partial charge in [-0.15, -0.1) is 0 Å². The number of fused-ring (bicyclic) bond motifs is 2. The van der Waals surface area contributed by atoms with E-state index in [1.165, 1.54) is 31.4 Å². The van der Waals surface area contributed by atoms with E-state index in [-0.39, 0.29) is 11.9 Å². The van der Waals surface area contributed by atoms with E-state index in [0.717, 1.165) is 57.1 Å². The molecule has 1 aromatic carbocycles. The molecule has 0 spiro atoms. The highest BCUT2D eigenvalue weighted by atomic mass is 19.1. The van der Waals surface area contributed by atoms with Gasteiger partial charge in [0.25, 0.3) is 0 Å². The largest absolute Gasteiger partial charge is 0.489 e. The lowest BCUT2D eigenvalue weighted by Crippen LogP contribution is -2.28. The van der Waals surface area contributed by atoms with Gasteiger partial charge in [-0.3, -0.25) is 15.1 Å². The lowest BCUT2D eigenvalue weighted by atomic mass is 9.98. The fourth-order valence-corrected chi connectivity index (χ4v) is 5.46. The number of H-pyrrole nitrogens is 2. The first-order chi connectivity index (χ1) is 19.6. The van der Waals surface area contributed by atoms with Gasteiger partial charge in [-0.05, 0) is 75.1 Å². The molecule has 1 saturated carbocycles. The first kappa shape index (κ1) is 24.3. The van der Waals surface area contributed by atoms with Crippen molar-refractivity contribution >= 4 is 28.4 Å². The molecule has 1 aliphatic carbocycles. The molecule has 1 aliphatic heterocycles. The predicted molar refractivity (Wildman–Crippen MR) is 153 cm³/mol. The number of imidazole rings is 1. The van der Waals surface area contributed by atoms with Gasteiger partial charge >= 0.3 is 0 Å². The second-order valence-electron chi connectivity index (χ2n) is 10.3. The van der Waals surface area contributed by atoms with Gasteiger partial charge in [0.2, 0.25) is 0 Å². The molecule has 0 bridgehead atoms. The highest BCUT2D eigenvalue weighted by Gasteiger charge is 2.18. The normalized spacial score (nSPS) is 15.7. The second kappa shape index (κ2) is 10.1. The number of ether oxygens (including phenoxy) is 1. The summed E-state index contributed by atoms with van der Waals surface area (Å²) in [5, 5.41) is 13.0. The van der Waals surface area contributed by atoms with Crippen LogP contribution in [0.4, 0.5) is 4.39 Å². The highest BCUT2D eigenvalue weighted by molar-refractivity contribution is 5.93. The van der Waals surface area contributed by atoms with E-state index in [1.807, 2.05) is 31.5 Å². The third-order valence-corrected chi connectivity index (χ3v) is 7.57. The first-order valence-electron chi connectivity index (χ1n) is 13.6. The zero-order chi connectivity index (χ0) is 27.1. The number of nitrogens with one attached hydrogen (secondary N) is 3. The van der Waals surface area contributed by atoms with E-state index in [9.17, 15) is 4.39 Å². The van der Waals surface area contributed by atoms with E-state index >= 15 is 0 Å². The molecule has 0 unspecified atom stereocenters. The van der Waals surface area contributed by atoms with Gasteiger partial charge in [0.05, 0.1) is 28.9 Å². The summed E-state index contributed by atoms with van der Waals surface area (Å²) in [5.74, 6) is 1.11. The number of aromatic amines is 2. The average Bonchev–Trinajstić information content (AvgIpc) is 3.56. The number of hydrogen-bond acceptors (Lipinski definition) is 6. The van der Waals surface area contributed by atoms with Crippen molar-refractivity contribution in [3.05, 3.63) is 83.1 Å². The van der Waals surface area contributed by atoms with Crippen LogP contribution in [0.3, 0.4) is 0 Å². The molecule has 5 aromatic rings. The Morgan fingerprint density at radius 1 is 0.975 bits per heavy atom. The van der Waals surface area contributed by atoms with Crippen molar-refractivity contribution in [1.82, 2.24) is 35.5 Å². The molecule has 5 heterocycles. The fraction of sp³-hybridized carbons (Fsp3) is 0.226. The summed E-state index contributed by atoms with van der Waals surface area (Å²) in [4.78, 5) is 17.3. The number of hydrogen-bond donors (Lipinski definition) is 3. The zero-order valence-corrected chi connectivity index (χ0v) is 22.0. The number of halogens is 1. The third-order valence-electron chi connectivity index (χ3n) is 7.57. The summed E-state index contributed by atoms with van der Waals surface area (Å²) in [7, 11) is 0. The summed E-state index contributed by atoms with van der Waals surface area (Å²) < 4.78 is 19.8. The van der Waals surface area contributed by atoms with Crippen LogP contribution in [0.25, 0.3) is 51.2 Å². The molecule has 0 atom stereocenters. The predicted octanol–water partition coefficient (Wildman–Crippen LogP) is 4.81. The summed E-state index contributed by atoms with van der Waals surface area (Å²) in [6.45, 7) is 2.00. The van der Waals surface area contributed by atoms with Crippen LogP contribution in [-0.4, -0.2) is 36.2 Å². The van der Waals surface area contributed by atoms with Crippen LogP contribution >= 0.6 is 0 Å². The Morgan fingerprint density at radius 3 is 2.67 bits per heavy atom. The number of benzene rings is 1. The Bertz CT molecular complexity index is 1860. The van der Waals surface area contributed by atoms with Crippen molar-refractivity contribution < 1.29 is 9.13 Å². The van der Waals surface area contributed by atoms with Gasteiger partial charge in [0.1, 0.15) is 22.8 Å². The second-order valence-corrected chi connectivity index (χ2v) is 10.3. The van der Waals surface area contributed by atoms with Crippen molar-refractivity contribution in [1.29, 1.82) is 0 Å². The van der Waals surface area contributed by atoms with Gasteiger partial charge in [-0.1, -0.05) is 6.42 Å². The average molecular weight is 534 g/mol. The Hall–Kier alpha value is -4.79. The monoisotopic (exact) mass is 533 g/mol. The number of nitrogens with zero attached hydrogens (tertiary/aromatic N) is 4. The van der Waals surface area contributed by atoms with Crippen LogP contribution < -0.4 is 20.6 Å². The maximum atomic E-state index is 13.5. The molecule has 9 heteroatoms. The van der Waals surface area contributed by atoms with Crippen LogP contribution in [0.5, 0.6) is 5.75 Å². The van der Waals surface area contributed by atoms with Crippen molar-refractivity contribution in [2.24, 2.45) is 0 Å². The Morgan fingerprint density at radius 2 is 1.82 bits per heavy atom. The number of allylic oxidation sites excluding steroid dienone is 1. The molecule has 2 aliphatic rings. The maximum Gasteiger partial charge on any atom is 0.159 e. The molecule has 200 valence electrons. The Kier molecular flexibility index (Phi) is 6.11. The van der Waals surface area contributed by atoms with Crippen LogP contribution in [0.15, 0.2) is 61.2 Å². The molecule has 0 saturated heterocycles. The summed E-state index contributed by atoms with van der Waals surface area (Å²) in [6, 6.07) is 10.2. The van der Waals surface area contributed by atoms with Gasteiger partial charge in [-0.2, -0.15) is 5.10 Å². The quantitative estimate of drug-likeness (QED) is 0.300. The van der Waals surface area contributed by atoms with E-state index in [4.69, 9.17) is 9.72 Å².